The van der Waals surface area contributed by atoms with Crippen molar-refractivity contribution in [2.45, 2.75) is 32.1 Å². The first-order valence-electron chi connectivity index (χ1n) is 6.33. The molecule has 0 nitrogen and oxygen atoms in total. The molecule has 1 atom stereocenters. The fourth-order valence-corrected chi connectivity index (χ4v) is 2.96. The van der Waals surface area contributed by atoms with Gasteiger partial charge in [0.2, 0.25) is 0 Å². The molecule has 94 valence electrons. The molecule has 0 saturated carbocycles. The lowest BCUT2D eigenvalue weighted by atomic mass is 9.71. The number of halogens is 1. The molecule has 1 unspecified atom stereocenters. The Kier molecular flexibility index (Phi) is 3.91. The van der Waals surface area contributed by atoms with Crippen LogP contribution in [0, 0.1) is 0 Å². The zero-order chi connectivity index (χ0) is 13.2. The van der Waals surface area contributed by atoms with Crippen LogP contribution < -0.4 is 0 Å². The Balaban J connectivity index is 2.39. The third-order valence-electron chi connectivity index (χ3n) is 3.97. The second-order valence-electron chi connectivity index (χ2n) is 5.33. The molecule has 2 aromatic rings. The summed E-state index contributed by atoms with van der Waals surface area (Å²) < 4.78 is 1.20. The van der Waals surface area contributed by atoms with Gasteiger partial charge < -0.3 is 0 Å². The van der Waals surface area contributed by atoms with Gasteiger partial charge in [-0.3, -0.25) is 0 Å². The van der Waals surface area contributed by atoms with Gasteiger partial charge in [0.25, 0.3) is 0 Å². The number of hydrogen-bond acceptors (Lipinski definition) is 0. The minimum Gasteiger partial charge on any atom is -0.0622 e. The molecule has 0 spiro atoms. The summed E-state index contributed by atoms with van der Waals surface area (Å²) in [6.45, 7) is 6.92. The average Bonchev–Trinajstić information content (AvgIpc) is 2.39. The monoisotopic (exact) mass is 302 g/mol. The third kappa shape index (κ3) is 2.51. The van der Waals surface area contributed by atoms with Crippen LogP contribution in [0.5, 0.6) is 0 Å². The highest BCUT2D eigenvalue weighted by atomic mass is 79.9. The quantitative estimate of drug-likeness (QED) is 0.699. The highest BCUT2D eigenvalue weighted by molar-refractivity contribution is 9.10. The van der Waals surface area contributed by atoms with Crippen LogP contribution in [0.1, 0.15) is 37.8 Å². The maximum atomic E-state index is 3.66. The topological polar surface area (TPSA) is 0 Å². The van der Waals surface area contributed by atoms with E-state index in [1.807, 2.05) is 0 Å². The van der Waals surface area contributed by atoms with E-state index in [1.165, 1.54) is 15.6 Å². The molecule has 0 N–H and O–H groups in total. The largest absolute Gasteiger partial charge is 0.0622 e. The van der Waals surface area contributed by atoms with Crippen molar-refractivity contribution in [3.63, 3.8) is 0 Å². The molecular weight excluding hydrogens is 284 g/mol. The molecule has 1 heteroatoms. The maximum absolute atomic E-state index is 3.66. The highest BCUT2D eigenvalue weighted by Gasteiger charge is 2.29. The highest BCUT2D eigenvalue weighted by Crippen LogP contribution is 2.40. The number of rotatable bonds is 3. The molecule has 0 radical (unpaired) electrons. The van der Waals surface area contributed by atoms with Crippen LogP contribution in [0.4, 0.5) is 0 Å². The van der Waals surface area contributed by atoms with Crippen molar-refractivity contribution in [3.8, 4) is 0 Å². The molecule has 2 rings (SSSR count). The summed E-state index contributed by atoms with van der Waals surface area (Å²) in [6, 6.07) is 19.2. The van der Waals surface area contributed by atoms with Gasteiger partial charge in [-0.2, -0.15) is 0 Å². The van der Waals surface area contributed by atoms with Crippen molar-refractivity contribution < 1.29 is 0 Å². The summed E-state index contributed by atoms with van der Waals surface area (Å²) in [5.41, 5.74) is 2.87. The van der Waals surface area contributed by atoms with Gasteiger partial charge in [0.1, 0.15) is 0 Å². The van der Waals surface area contributed by atoms with E-state index in [-0.39, 0.29) is 5.41 Å². The Morgan fingerprint density at radius 3 is 2.06 bits per heavy atom. The van der Waals surface area contributed by atoms with E-state index in [9.17, 15) is 0 Å². The Labute approximate surface area is 118 Å². The minimum atomic E-state index is 0.116. The minimum absolute atomic E-state index is 0.116. The van der Waals surface area contributed by atoms with Gasteiger partial charge in [-0.25, -0.2) is 0 Å². The van der Waals surface area contributed by atoms with Gasteiger partial charge in [0.05, 0.1) is 0 Å². The van der Waals surface area contributed by atoms with E-state index in [2.05, 4.69) is 91.3 Å². The lowest BCUT2D eigenvalue weighted by Crippen LogP contribution is -2.25. The molecule has 0 saturated heterocycles. The Bertz CT molecular complexity index is 514. The van der Waals surface area contributed by atoms with E-state index < -0.39 is 0 Å². The average molecular weight is 303 g/mol. The lowest BCUT2D eigenvalue weighted by molar-refractivity contribution is 0.435. The smallest absolute Gasteiger partial charge is 0.0210 e. The van der Waals surface area contributed by atoms with Crippen LogP contribution >= 0.6 is 15.9 Å². The van der Waals surface area contributed by atoms with Crippen molar-refractivity contribution in [2.24, 2.45) is 0 Å². The first-order valence-corrected chi connectivity index (χ1v) is 7.12. The molecule has 0 aromatic heterocycles. The van der Waals surface area contributed by atoms with Crippen molar-refractivity contribution in [3.05, 3.63) is 70.2 Å². The van der Waals surface area contributed by atoms with E-state index in [0.717, 1.165) is 0 Å². The van der Waals surface area contributed by atoms with Crippen molar-refractivity contribution in [2.75, 3.05) is 0 Å². The predicted molar refractivity (Wildman–Crippen MR) is 82.0 cm³/mol. The maximum Gasteiger partial charge on any atom is 0.0210 e. The molecule has 0 aliphatic rings. The summed E-state index contributed by atoms with van der Waals surface area (Å²) in [6.07, 6.45) is 0. The second-order valence-corrected chi connectivity index (χ2v) is 6.19. The molecule has 18 heavy (non-hydrogen) atoms. The van der Waals surface area contributed by atoms with E-state index >= 15 is 0 Å². The number of hydrogen-bond donors (Lipinski definition) is 0. The second kappa shape index (κ2) is 5.27. The zero-order valence-electron chi connectivity index (χ0n) is 11.2. The first kappa shape index (κ1) is 13.4. The molecule has 0 amide bonds. The van der Waals surface area contributed by atoms with E-state index in [0.29, 0.717) is 5.92 Å². The fourth-order valence-electron chi connectivity index (χ4n) is 2.33. The normalized spacial score (nSPS) is 13.3. The van der Waals surface area contributed by atoms with Crippen molar-refractivity contribution in [1.29, 1.82) is 0 Å². The van der Waals surface area contributed by atoms with E-state index in [1.54, 1.807) is 0 Å². The van der Waals surface area contributed by atoms with Crippen LogP contribution in [-0.4, -0.2) is 0 Å². The first-order chi connectivity index (χ1) is 8.53. The standard InChI is InChI=1S/C17H19Br/c1-13(15-11-7-8-12-16(15)18)17(2,3)14-9-5-4-6-10-14/h4-13H,1-3H3. The predicted octanol–water partition coefficient (Wildman–Crippen LogP) is 5.53. The van der Waals surface area contributed by atoms with Gasteiger partial charge >= 0.3 is 0 Å². The molecule has 0 aliphatic carbocycles. The fraction of sp³-hybridized carbons (Fsp3) is 0.294. The number of benzene rings is 2. The molecule has 2 aromatic carbocycles. The SMILES string of the molecule is CC(c1ccccc1Br)C(C)(C)c1ccccc1. The lowest BCUT2D eigenvalue weighted by Gasteiger charge is -2.33. The van der Waals surface area contributed by atoms with Gasteiger partial charge in [0.15, 0.2) is 0 Å². The van der Waals surface area contributed by atoms with Gasteiger partial charge in [0, 0.05) is 4.47 Å². The summed E-state index contributed by atoms with van der Waals surface area (Å²) >= 11 is 3.66. The molecular formula is C17H19Br. The molecule has 0 bridgehead atoms. The van der Waals surface area contributed by atoms with Crippen LogP contribution in [0.3, 0.4) is 0 Å². The Hall–Kier alpha value is -1.08. The van der Waals surface area contributed by atoms with Crippen molar-refractivity contribution >= 4 is 15.9 Å². The Morgan fingerprint density at radius 2 is 1.44 bits per heavy atom. The zero-order valence-corrected chi connectivity index (χ0v) is 12.7. The van der Waals surface area contributed by atoms with Gasteiger partial charge in [-0.1, -0.05) is 85.2 Å². The van der Waals surface area contributed by atoms with Gasteiger partial charge in [-0.15, -0.1) is 0 Å². The summed E-state index contributed by atoms with van der Waals surface area (Å²) in [5, 5.41) is 0. The Morgan fingerprint density at radius 1 is 0.889 bits per heavy atom. The van der Waals surface area contributed by atoms with Gasteiger partial charge in [-0.05, 0) is 28.5 Å². The van der Waals surface area contributed by atoms with Crippen LogP contribution in [-0.2, 0) is 5.41 Å². The molecule has 0 aliphatic heterocycles. The third-order valence-corrected chi connectivity index (χ3v) is 4.69. The summed E-state index contributed by atoms with van der Waals surface area (Å²) in [7, 11) is 0. The van der Waals surface area contributed by atoms with Crippen LogP contribution in [0.2, 0.25) is 0 Å². The summed E-state index contributed by atoms with van der Waals surface area (Å²) in [5.74, 6) is 0.454. The van der Waals surface area contributed by atoms with Crippen molar-refractivity contribution in [1.82, 2.24) is 0 Å². The molecule has 0 heterocycles. The summed E-state index contributed by atoms with van der Waals surface area (Å²) in [4.78, 5) is 0. The van der Waals surface area contributed by atoms with Crippen LogP contribution in [0.25, 0.3) is 0 Å². The van der Waals surface area contributed by atoms with E-state index in [4.69, 9.17) is 0 Å². The van der Waals surface area contributed by atoms with Crippen LogP contribution in [0.15, 0.2) is 59.1 Å². The molecule has 0 fully saturated rings.